The minimum absolute atomic E-state index is 0.0675. The molecule has 0 radical (unpaired) electrons. The first-order valence-electron chi connectivity index (χ1n) is 14.5. The minimum Gasteiger partial charge on any atom is -0.507 e. The fourth-order valence-electron chi connectivity index (χ4n) is 4.82. The SMILES string of the molecule is CCC(C)(C)N(C(=O)C(NC(=O)OC(C)(C)C)C(C)C)C(C(=O)Nc1ccc2ccccc2c1)c1cccc(C)c1O. The first-order chi connectivity index (χ1) is 19.6. The van der Waals surface area contributed by atoms with E-state index in [0.29, 0.717) is 23.2 Å². The van der Waals surface area contributed by atoms with Crippen LogP contribution in [0.25, 0.3) is 10.8 Å². The van der Waals surface area contributed by atoms with Crippen LogP contribution >= 0.6 is 0 Å². The Balaban J connectivity index is 2.14. The zero-order valence-corrected chi connectivity index (χ0v) is 26.2. The van der Waals surface area contributed by atoms with Gasteiger partial charge in [0.25, 0.3) is 5.91 Å². The Bertz CT molecular complexity index is 1440. The van der Waals surface area contributed by atoms with E-state index in [1.165, 1.54) is 4.90 Å². The molecule has 0 aliphatic carbocycles. The molecule has 2 atom stereocenters. The fraction of sp³-hybridized carbons (Fsp3) is 0.441. The number of benzene rings is 3. The number of carbonyl (C=O) groups is 3. The number of alkyl carbamates (subject to hydrolysis) is 1. The smallest absolute Gasteiger partial charge is 0.408 e. The van der Waals surface area contributed by atoms with E-state index in [1.807, 2.05) is 77.1 Å². The first kappa shape index (κ1) is 32.4. The van der Waals surface area contributed by atoms with Gasteiger partial charge in [0, 0.05) is 16.8 Å². The molecule has 3 N–H and O–H groups in total. The van der Waals surface area contributed by atoms with Crippen molar-refractivity contribution in [3.8, 4) is 5.75 Å². The molecule has 42 heavy (non-hydrogen) atoms. The van der Waals surface area contributed by atoms with Crippen molar-refractivity contribution < 1.29 is 24.2 Å². The Kier molecular flexibility index (Phi) is 9.92. The van der Waals surface area contributed by atoms with Gasteiger partial charge in [0.2, 0.25) is 5.91 Å². The van der Waals surface area contributed by atoms with Gasteiger partial charge in [-0.1, -0.05) is 69.3 Å². The highest BCUT2D eigenvalue weighted by Crippen LogP contribution is 2.38. The molecule has 8 heteroatoms. The largest absolute Gasteiger partial charge is 0.507 e. The third kappa shape index (κ3) is 7.60. The van der Waals surface area contributed by atoms with Crippen molar-refractivity contribution >= 4 is 34.4 Å². The number of rotatable bonds is 9. The van der Waals surface area contributed by atoms with Crippen molar-refractivity contribution in [2.24, 2.45) is 5.92 Å². The summed E-state index contributed by atoms with van der Waals surface area (Å²) in [5.74, 6) is -1.33. The quantitative estimate of drug-likeness (QED) is 0.252. The summed E-state index contributed by atoms with van der Waals surface area (Å²) in [5, 5.41) is 18.9. The Morgan fingerprint density at radius 1 is 0.929 bits per heavy atom. The van der Waals surface area contributed by atoms with E-state index in [9.17, 15) is 19.5 Å². The maximum atomic E-state index is 14.5. The lowest BCUT2D eigenvalue weighted by Crippen LogP contribution is -2.60. The van der Waals surface area contributed by atoms with Crippen LogP contribution < -0.4 is 10.6 Å². The van der Waals surface area contributed by atoms with E-state index >= 15 is 0 Å². The number of para-hydroxylation sites is 1. The summed E-state index contributed by atoms with van der Waals surface area (Å²) in [4.78, 5) is 43.1. The summed E-state index contributed by atoms with van der Waals surface area (Å²) in [7, 11) is 0. The number of phenols is 1. The summed E-state index contributed by atoms with van der Waals surface area (Å²) in [6.07, 6.45) is -0.220. The first-order valence-corrected chi connectivity index (χ1v) is 14.5. The molecule has 0 fully saturated rings. The number of aromatic hydroxyl groups is 1. The molecule has 3 amide bonds. The van der Waals surface area contributed by atoms with E-state index in [0.717, 1.165) is 10.8 Å². The molecule has 0 aromatic heterocycles. The van der Waals surface area contributed by atoms with Crippen LogP contribution in [0.1, 0.15) is 79.0 Å². The maximum Gasteiger partial charge on any atom is 0.408 e. The molecule has 0 saturated carbocycles. The highest BCUT2D eigenvalue weighted by Gasteiger charge is 2.44. The molecule has 0 aliphatic heterocycles. The Labute approximate surface area is 249 Å². The second-order valence-electron chi connectivity index (χ2n) is 12.7. The Hall–Kier alpha value is -4.07. The van der Waals surface area contributed by atoms with Gasteiger partial charge >= 0.3 is 6.09 Å². The highest BCUT2D eigenvalue weighted by molar-refractivity contribution is 6.01. The number of ether oxygens (including phenoxy) is 1. The van der Waals surface area contributed by atoms with E-state index in [4.69, 9.17) is 4.74 Å². The van der Waals surface area contributed by atoms with Crippen LogP contribution in [0.4, 0.5) is 10.5 Å². The van der Waals surface area contributed by atoms with Crippen LogP contribution in [0, 0.1) is 12.8 Å². The summed E-state index contributed by atoms with van der Waals surface area (Å²) < 4.78 is 5.46. The lowest BCUT2D eigenvalue weighted by molar-refractivity contribution is -0.148. The molecule has 8 nitrogen and oxygen atoms in total. The van der Waals surface area contributed by atoms with E-state index in [1.54, 1.807) is 45.9 Å². The van der Waals surface area contributed by atoms with E-state index in [-0.39, 0.29) is 11.7 Å². The number of anilines is 1. The Morgan fingerprint density at radius 3 is 2.17 bits per heavy atom. The van der Waals surface area contributed by atoms with Crippen LogP contribution in [0.5, 0.6) is 5.75 Å². The molecule has 0 aliphatic rings. The van der Waals surface area contributed by atoms with Gasteiger partial charge in [-0.25, -0.2) is 4.79 Å². The predicted octanol–water partition coefficient (Wildman–Crippen LogP) is 7.10. The molecule has 2 unspecified atom stereocenters. The molecule has 3 aromatic rings. The van der Waals surface area contributed by atoms with E-state index in [2.05, 4.69) is 10.6 Å². The van der Waals surface area contributed by atoms with Gasteiger partial charge in [0.15, 0.2) is 0 Å². The zero-order chi connectivity index (χ0) is 31.4. The van der Waals surface area contributed by atoms with Crippen molar-refractivity contribution in [1.29, 1.82) is 0 Å². The molecule has 0 bridgehead atoms. The minimum atomic E-state index is -1.21. The van der Waals surface area contributed by atoms with Gasteiger partial charge in [-0.3, -0.25) is 9.59 Å². The fourth-order valence-corrected chi connectivity index (χ4v) is 4.82. The van der Waals surface area contributed by atoms with Crippen LogP contribution in [0.2, 0.25) is 0 Å². The van der Waals surface area contributed by atoms with Gasteiger partial charge in [-0.15, -0.1) is 0 Å². The number of amides is 3. The van der Waals surface area contributed by atoms with Gasteiger partial charge in [-0.05, 0) is 82.3 Å². The molecule has 3 aromatic carbocycles. The monoisotopic (exact) mass is 575 g/mol. The summed E-state index contributed by atoms with van der Waals surface area (Å²) >= 11 is 0. The Morgan fingerprint density at radius 2 is 1.57 bits per heavy atom. The summed E-state index contributed by atoms with van der Waals surface area (Å²) in [6.45, 7) is 16.3. The second kappa shape index (κ2) is 12.8. The third-order valence-electron chi connectivity index (χ3n) is 7.45. The molecular weight excluding hydrogens is 530 g/mol. The molecule has 0 spiro atoms. The highest BCUT2D eigenvalue weighted by atomic mass is 16.6. The van der Waals surface area contributed by atoms with Gasteiger partial charge < -0.3 is 25.4 Å². The lowest BCUT2D eigenvalue weighted by Gasteiger charge is -2.45. The van der Waals surface area contributed by atoms with E-state index < -0.39 is 41.1 Å². The standard InChI is InChI=1S/C34H45N3O5/c1-10-34(8,9)37(31(40)27(21(2)3)36-32(41)42-33(5,6)7)28(26-17-13-14-22(4)29(26)38)30(39)35-25-19-18-23-15-11-12-16-24(23)20-25/h11-21,27-28,38H,10H2,1-9H3,(H,35,39)(H,36,41). The van der Waals surface area contributed by atoms with Crippen molar-refractivity contribution in [3.63, 3.8) is 0 Å². The normalized spacial score (nSPS) is 13.4. The molecule has 0 saturated heterocycles. The van der Waals surface area contributed by atoms with Crippen molar-refractivity contribution in [2.75, 3.05) is 5.32 Å². The number of fused-ring (bicyclic) bond motifs is 1. The zero-order valence-electron chi connectivity index (χ0n) is 26.2. The van der Waals surface area contributed by atoms with Gasteiger partial charge in [0.05, 0.1) is 0 Å². The van der Waals surface area contributed by atoms with Crippen molar-refractivity contribution in [2.45, 2.75) is 92.0 Å². The topological polar surface area (TPSA) is 108 Å². The van der Waals surface area contributed by atoms with Crippen molar-refractivity contribution in [1.82, 2.24) is 10.2 Å². The number of carbonyl (C=O) groups excluding carboxylic acids is 3. The number of hydrogen-bond acceptors (Lipinski definition) is 5. The molecule has 226 valence electrons. The summed E-state index contributed by atoms with van der Waals surface area (Å²) in [6, 6.07) is 16.4. The number of aryl methyl sites for hydroxylation is 1. The average Bonchev–Trinajstić information content (AvgIpc) is 2.90. The molecule has 0 heterocycles. The lowest BCUT2D eigenvalue weighted by atomic mass is 9.89. The number of phenolic OH excluding ortho intramolecular Hbond substituents is 1. The number of nitrogens with one attached hydrogen (secondary N) is 2. The molecular formula is C34H45N3O5. The van der Waals surface area contributed by atoms with Crippen molar-refractivity contribution in [3.05, 3.63) is 71.8 Å². The van der Waals surface area contributed by atoms with Gasteiger partial charge in [0.1, 0.15) is 23.4 Å². The van der Waals surface area contributed by atoms with Crippen LogP contribution in [0.15, 0.2) is 60.7 Å². The predicted molar refractivity (Wildman–Crippen MR) is 167 cm³/mol. The maximum absolute atomic E-state index is 14.5. The van der Waals surface area contributed by atoms with Crippen LogP contribution in [-0.4, -0.2) is 45.1 Å². The number of hydrogen-bond donors (Lipinski definition) is 3. The van der Waals surface area contributed by atoms with Crippen LogP contribution in [0.3, 0.4) is 0 Å². The average molecular weight is 576 g/mol. The van der Waals surface area contributed by atoms with Crippen LogP contribution in [-0.2, 0) is 14.3 Å². The van der Waals surface area contributed by atoms with Gasteiger partial charge in [-0.2, -0.15) is 0 Å². The number of nitrogens with zero attached hydrogens (tertiary/aromatic N) is 1. The third-order valence-corrected chi connectivity index (χ3v) is 7.45. The summed E-state index contributed by atoms with van der Waals surface area (Å²) in [5.41, 5.74) is -0.175. The molecule has 3 rings (SSSR count). The second-order valence-corrected chi connectivity index (χ2v) is 12.7.